The monoisotopic (exact) mass is 310 g/mol. The number of carbonyl (C=O) groups is 1. The van der Waals surface area contributed by atoms with Crippen LogP contribution in [-0.2, 0) is 9.47 Å². The highest BCUT2D eigenvalue weighted by Crippen LogP contribution is 2.41. The van der Waals surface area contributed by atoms with Gasteiger partial charge in [-0.15, -0.1) is 0 Å². The summed E-state index contributed by atoms with van der Waals surface area (Å²) in [5, 5.41) is 0. The van der Waals surface area contributed by atoms with Crippen LogP contribution >= 0.6 is 0 Å². The molecule has 126 valence electrons. The normalized spacial score (nSPS) is 32.4. The maximum Gasteiger partial charge on any atom is 0.320 e. The molecule has 2 atom stereocenters. The molecule has 2 amide bonds. The zero-order chi connectivity index (χ0) is 15.6. The fourth-order valence-electron chi connectivity index (χ4n) is 4.14. The maximum absolute atomic E-state index is 12.7. The Morgan fingerprint density at radius 1 is 1.23 bits per heavy atom. The van der Waals surface area contributed by atoms with Crippen LogP contribution in [0.5, 0.6) is 0 Å². The van der Waals surface area contributed by atoms with E-state index in [9.17, 15) is 4.79 Å². The van der Waals surface area contributed by atoms with Crippen LogP contribution in [-0.4, -0.2) is 66.9 Å². The van der Waals surface area contributed by atoms with E-state index in [1.807, 2.05) is 9.80 Å². The molecule has 3 rings (SSSR count). The van der Waals surface area contributed by atoms with Crippen LogP contribution < -0.4 is 0 Å². The Bertz CT molecular complexity index is 395. The third-order valence-corrected chi connectivity index (χ3v) is 5.38. The molecule has 2 aliphatic heterocycles. The molecule has 0 aromatic heterocycles. The minimum Gasteiger partial charge on any atom is -0.378 e. The molecule has 1 spiro atoms. The van der Waals surface area contributed by atoms with Crippen LogP contribution in [0, 0.1) is 5.92 Å². The summed E-state index contributed by atoms with van der Waals surface area (Å²) in [7, 11) is 0. The predicted molar refractivity (Wildman–Crippen MR) is 84.9 cm³/mol. The summed E-state index contributed by atoms with van der Waals surface area (Å²) in [4.78, 5) is 16.7. The van der Waals surface area contributed by atoms with E-state index >= 15 is 0 Å². The summed E-state index contributed by atoms with van der Waals surface area (Å²) >= 11 is 0. The molecule has 0 radical (unpaired) electrons. The molecule has 5 heteroatoms. The minimum atomic E-state index is -0.164. The molecule has 0 aromatic rings. The van der Waals surface area contributed by atoms with Gasteiger partial charge in [-0.3, -0.25) is 0 Å². The van der Waals surface area contributed by atoms with E-state index in [0.717, 1.165) is 58.5 Å². The van der Waals surface area contributed by atoms with Gasteiger partial charge >= 0.3 is 6.03 Å². The summed E-state index contributed by atoms with van der Waals surface area (Å²) in [5.41, 5.74) is -0.164. The summed E-state index contributed by atoms with van der Waals surface area (Å²) in [6.45, 7) is 8.88. The Labute approximate surface area is 133 Å². The number of likely N-dealkylation sites (tertiary alicyclic amines) is 1. The highest BCUT2D eigenvalue weighted by atomic mass is 16.5. The van der Waals surface area contributed by atoms with Gasteiger partial charge in [0.15, 0.2) is 0 Å². The summed E-state index contributed by atoms with van der Waals surface area (Å²) in [6.07, 6.45) is 5.93. The van der Waals surface area contributed by atoms with Crippen molar-refractivity contribution in [2.45, 2.75) is 57.7 Å². The van der Waals surface area contributed by atoms with E-state index in [1.54, 1.807) is 0 Å². The molecule has 5 nitrogen and oxygen atoms in total. The number of morpholine rings is 1. The van der Waals surface area contributed by atoms with Crippen LogP contribution in [0.4, 0.5) is 4.79 Å². The van der Waals surface area contributed by atoms with Gasteiger partial charge in [-0.1, -0.05) is 6.42 Å². The van der Waals surface area contributed by atoms with Crippen molar-refractivity contribution in [1.29, 1.82) is 0 Å². The molecule has 1 aliphatic carbocycles. The highest BCUT2D eigenvalue weighted by Gasteiger charge is 2.48. The molecule has 2 heterocycles. The van der Waals surface area contributed by atoms with Gasteiger partial charge in [0.05, 0.1) is 31.5 Å². The number of hydrogen-bond acceptors (Lipinski definition) is 3. The van der Waals surface area contributed by atoms with Gasteiger partial charge in [0, 0.05) is 25.6 Å². The molecule has 3 aliphatic rings. The van der Waals surface area contributed by atoms with Gasteiger partial charge in [-0.25, -0.2) is 4.79 Å². The Kier molecular flexibility index (Phi) is 4.93. The first-order valence-corrected chi connectivity index (χ1v) is 8.90. The number of carbonyl (C=O) groups excluding carboxylic acids is 1. The van der Waals surface area contributed by atoms with E-state index in [4.69, 9.17) is 9.47 Å². The van der Waals surface area contributed by atoms with Crippen molar-refractivity contribution in [2.24, 2.45) is 5.92 Å². The first-order valence-electron chi connectivity index (χ1n) is 8.90. The van der Waals surface area contributed by atoms with Crippen molar-refractivity contribution in [3.05, 3.63) is 0 Å². The lowest BCUT2D eigenvalue weighted by Gasteiger charge is -2.45. The van der Waals surface area contributed by atoms with E-state index in [0.29, 0.717) is 12.5 Å². The maximum atomic E-state index is 12.7. The number of ether oxygens (including phenoxy) is 2. The third kappa shape index (κ3) is 3.25. The lowest BCUT2D eigenvalue weighted by Crippen LogP contribution is -2.58. The van der Waals surface area contributed by atoms with Gasteiger partial charge in [-0.2, -0.15) is 0 Å². The summed E-state index contributed by atoms with van der Waals surface area (Å²) in [5.74, 6) is 0.420. The van der Waals surface area contributed by atoms with Gasteiger partial charge in [0.1, 0.15) is 0 Å². The van der Waals surface area contributed by atoms with Crippen molar-refractivity contribution in [3.63, 3.8) is 0 Å². The number of urea groups is 1. The van der Waals surface area contributed by atoms with Gasteiger partial charge in [-0.05, 0) is 39.5 Å². The van der Waals surface area contributed by atoms with Crippen LogP contribution in [0.1, 0.15) is 46.0 Å². The predicted octanol–water partition coefficient (Wildman–Crippen LogP) is 2.50. The second-order valence-corrected chi connectivity index (χ2v) is 7.28. The Hall–Kier alpha value is -0.810. The standard InChI is InChI=1S/C17H30N2O3/c1-14(2)21-12-15-6-5-7-17(15)13-19(10-11-22-17)16(20)18-8-3-4-9-18/h14-15H,3-13H2,1-2H3/t15-,17+/m0/s1. The summed E-state index contributed by atoms with van der Waals surface area (Å²) in [6, 6.07) is 0.218. The van der Waals surface area contributed by atoms with Gasteiger partial charge in [0.25, 0.3) is 0 Å². The summed E-state index contributed by atoms with van der Waals surface area (Å²) < 4.78 is 12.1. The fraction of sp³-hybridized carbons (Fsp3) is 0.941. The lowest BCUT2D eigenvalue weighted by molar-refractivity contribution is -0.136. The van der Waals surface area contributed by atoms with E-state index in [-0.39, 0.29) is 17.7 Å². The van der Waals surface area contributed by atoms with Crippen molar-refractivity contribution >= 4 is 6.03 Å². The molecule has 0 bridgehead atoms. The first kappa shape index (κ1) is 16.1. The van der Waals surface area contributed by atoms with Crippen LogP contribution in [0.15, 0.2) is 0 Å². The number of rotatable bonds is 3. The van der Waals surface area contributed by atoms with Crippen LogP contribution in [0.25, 0.3) is 0 Å². The van der Waals surface area contributed by atoms with Crippen molar-refractivity contribution in [2.75, 3.05) is 39.4 Å². The molecule has 0 unspecified atom stereocenters. The molecular formula is C17H30N2O3. The Balaban J connectivity index is 1.64. The van der Waals surface area contributed by atoms with Gasteiger partial charge < -0.3 is 19.3 Å². The van der Waals surface area contributed by atoms with Crippen LogP contribution in [0.2, 0.25) is 0 Å². The van der Waals surface area contributed by atoms with E-state index in [1.165, 1.54) is 6.42 Å². The molecule has 2 saturated heterocycles. The van der Waals surface area contributed by atoms with Crippen molar-refractivity contribution in [3.8, 4) is 0 Å². The highest BCUT2D eigenvalue weighted by molar-refractivity contribution is 5.75. The van der Waals surface area contributed by atoms with Crippen molar-refractivity contribution in [1.82, 2.24) is 9.80 Å². The zero-order valence-corrected chi connectivity index (χ0v) is 14.1. The van der Waals surface area contributed by atoms with Gasteiger partial charge in [0.2, 0.25) is 0 Å². The molecular weight excluding hydrogens is 280 g/mol. The minimum absolute atomic E-state index is 0.164. The fourth-order valence-corrected chi connectivity index (χ4v) is 4.14. The zero-order valence-electron chi connectivity index (χ0n) is 14.1. The largest absolute Gasteiger partial charge is 0.378 e. The molecule has 0 N–H and O–H groups in total. The Morgan fingerprint density at radius 3 is 2.73 bits per heavy atom. The average molecular weight is 310 g/mol. The molecule has 22 heavy (non-hydrogen) atoms. The number of nitrogens with zero attached hydrogens (tertiary/aromatic N) is 2. The van der Waals surface area contributed by atoms with E-state index in [2.05, 4.69) is 13.8 Å². The lowest BCUT2D eigenvalue weighted by atomic mass is 9.89. The SMILES string of the molecule is CC(C)OC[C@@H]1CCC[C@@]12CN(C(=O)N1CCCC1)CCO2. The van der Waals surface area contributed by atoms with Crippen LogP contribution in [0.3, 0.4) is 0 Å². The molecule has 0 aromatic carbocycles. The first-order chi connectivity index (χ1) is 10.6. The smallest absolute Gasteiger partial charge is 0.320 e. The average Bonchev–Trinajstić information content (AvgIpc) is 3.15. The number of hydrogen-bond donors (Lipinski definition) is 0. The second-order valence-electron chi connectivity index (χ2n) is 7.28. The molecule has 3 fully saturated rings. The number of amides is 2. The van der Waals surface area contributed by atoms with Crippen molar-refractivity contribution < 1.29 is 14.3 Å². The third-order valence-electron chi connectivity index (χ3n) is 5.38. The Morgan fingerprint density at radius 2 is 2.00 bits per heavy atom. The van der Waals surface area contributed by atoms with E-state index < -0.39 is 0 Å². The quantitative estimate of drug-likeness (QED) is 0.804. The second kappa shape index (κ2) is 6.75. The molecule has 1 saturated carbocycles. The topological polar surface area (TPSA) is 42.0 Å².